The lowest BCUT2D eigenvalue weighted by atomic mass is 10.1. The smallest absolute Gasteiger partial charge is 0.223 e. The van der Waals surface area contributed by atoms with E-state index < -0.39 is 15.6 Å². The van der Waals surface area contributed by atoms with Gasteiger partial charge in [0.05, 0.1) is 47.2 Å². The fourth-order valence-electron chi connectivity index (χ4n) is 4.09. The van der Waals surface area contributed by atoms with Crippen molar-refractivity contribution in [1.29, 1.82) is 5.26 Å². The van der Waals surface area contributed by atoms with E-state index in [4.69, 9.17) is 11.6 Å². The molecule has 0 radical (unpaired) electrons. The highest BCUT2D eigenvalue weighted by Crippen LogP contribution is 2.27. The summed E-state index contributed by atoms with van der Waals surface area (Å²) in [6.45, 7) is 5.26. The molecule has 0 atom stereocenters. The van der Waals surface area contributed by atoms with Crippen molar-refractivity contribution in [2.45, 2.75) is 44.8 Å². The Morgan fingerprint density at radius 3 is 2.63 bits per heavy atom. The minimum absolute atomic E-state index is 0.0162. The van der Waals surface area contributed by atoms with Crippen LogP contribution in [0.3, 0.4) is 0 Å². The van der Waals surface area contributed by atoms with Crippen molar-refractivity contribution in [1.82, 2.24) is 29.4 Å². The maximum atomic E-state index is 11.8. The molecule has 0 saturated carbocycles. The van der Waals surface area contributed by atoms with Crippen LogP contribution in [0.1, 0.15) is 37.8 Å². The zero-order chi connectivity index (χ0) is 27.5. The summed E-state index contributed by atoms with van der Waals surface area (Å²) in [5.41, 5.74) is 2.61. The standard InChI is InChI=1S/C25H31ClN8O3S/c1-25(2,16-35)29-12-17-4-5-22(21(26)10-17)34-15-19(14-30-34)23-18(11-27)13-28-24(32-23)31-20-6-8-33(9-7-20)38(3,36)37/h4-5,10,13-15,20,29,35H,6-9,12,16H2,1-3H3,(H,28,31,32). The molecule has 2 aromatic heterocycles. The fourth-order valence-corrected chi connectivity index (χ4v) is 5.25. The predicted octanol–water partition coefficient (Wildman–Crippen LogP) is 2.55. The van der Waals surface area contributed by atoms with E-state index >= 15 is 0 Å². The van der Waals surface area contributed by atoms with Crippen LogP contribution in [-0.4, -0.2) is 75.1 Å². The first kappa shape index (κ1) is 27.9. The molecule has 0 spiro atoms. The van der Waals surface area contributed by atoms with Crippen molar-refractivity contribution in [2.24, 2.45) is 0 Å². The van der Waals surface area contributed by atoms with Gasteiger partial charge in [0.25, 0.3) is 0 Å². The third-order valence-electron chi connectivity index (χ3n) is 6.45. The highest BCUT2D eigenvalue weighted by atomic mass is 35.5. The summed E-state index contributed by atoms with van der Waals surface area (Å²) in [5.74, 6) is 0.366. The fraction of sp³-hybridized carbons (Fsp3) is 0.440. The number of hydrogen-bond donors (Lipinski definition) is 3. The molecule has 11 nitrogen and oxygen atoms in total. The van der Waals surface area contributed by atoms with E-state index in [1.807, 2.05) is 32.0 Å². The van der Waals surface area contributed by atoms with Crippen LogP contribution < -0.4 is 10.6 Å². The van der Waals surface area contributed by atoms with Gasteiger partial charge in [-0.3, -0.25) is 0 Å². The number of aromatic nitrogens is 4. The van der Waals surface area contributed by atoms with E-state index in [9.17, 15) is 18.8 Å². The van der Waals surface area contributed by atoms with E-state index in [1.54, 1.807) is 17.1 Å². The van der Waals surface area contributed by atoms with Gasteiger partial charge in [0, 0.05) is 43.0 Å². The van der Waals surface area contributed by atoms with Crippen LogP contribution in [0, 0.1) is 11.3 Å². The van der Waals surface area contributed by atoms with Crippen LogP contribution in [0.5, 0.6) is 0 Å². The third-order valence-corrected chi connectivity index (χ3v) is 8.05. The van der Waals surface area contributed by atoms with Crippen molar-refractivity contribution in [3.8, 4) is 23.0 Å². The molecule has 3 heterocycles. The minimum Gasteiger partial charge on any atom is -0.394 e. The normalized spacial score (nSPS) is 15.4. The van der Waals surface area contributed by atoms with Gasteiger partial charge in [0.2, 0.25) is 16.0 Å². The van der Waals surface area contributed by atoms with Crippen LogP contribution >= 0.6 is 11.6 Å². The molecule has 1 fully saturated rings. The Morgan fingerprint density at radius 2 is 2.00 bits per heavy atom. The summed E-state index contributed by atoms with van der Waals surface area (Å²) in [6.07, 6.45) is 7.32. The lowest BCUT2D eigenvalue weighted by Gasteiger charge is -2.30. The molecule has 1 aliphatic rings. The Kier molecular flexibility index (Phi) is 8.34. The SMILES string of the molecule is CC(C)(CO)NCc1ccc(-n2cc(-c3nc(NC4CCN(S(C)(=O)=O)CC4)ncc3C#N)cn2)c(Cl)c1. The van der Waals surface area contributed by atoms with Crippen LogP contribution in [0.2, 0.25) is 5.02 Å². The highest BCUT2D eigenvalue weighted by Gasteiger charge is 2.25. The van der Waals surface area contributed by atoms with Crippen molar-refractivity contribution >= 4 is 27.6 Å². The Bertz CT molecular complexity index is 1440. The number of benzene rings is 1. The summed E-state index contributed by atoms with van der Waals surface area (Å²) >= 11 is 6.57. The number of hydrogen-bond acceptors (Lipinski definition) is 9. The average Bonchev–Trinajstić information content (AvgIpc) is 3.37. The zero-order valence-electron chi connectivity index (χ0n) is 21.5. The van der Waals surface area contributed by atoms with E-state index in [0.29, 0.717) is 66.0 Å². The summed E-state index contributed by atoms with van der Waals surface area (Å²) in [6, 6.07) is 7.80. The Balaban J connectivity index is 1.50. The Labute approximate surface area is 227 Å². The van der Waals surface area contributed by atoms with Gasteiger partial charge in [0.1, 0.15) is 6.07 Å². The first-order valence-electron chi connectivity index (χ1n) is 12.2. The van der Waals surface area contributed by atoms with Gasteiger partial charge < -0.3 is 15.7 Å². The maximum Gasteiger partial charge on any atom is 0.223 e. The van der Waals surface area contributed by atoms with Gasteiger partial charge >= 0.3 is 0 Å². The first-order chi connectivity index (χ1) is 18.0. The number of aliphatic hydroxyl groups is 1. The Morgan fingerprint density at radius 1 is 1.26 bits per heavy atom. The predicted molar refractivity (Wildman–Crippen MR) is 145 cm³/mol. The van der Waals surface area contributed by atoms with E-state index in [2.05, 4.69) is 31.8 Å². The summed E-state index contributed by atoms with van der Waals surface area (Å²) in [5, 5.41) is 30.6. The summed E-state index contributed by atoms with van der Waals surface area (Å²) in [4.78, 5) is 8.86. The number of piperidine rings is 1. The number of nitrogens with one attached hydrogen (secondary N) is 2. The number of halogens is 1. The van der Waals surface area contributed by atoms with E-state index in [-0.39, 0.29) is 12.6 Å². The molecule has 202 valence electrons. The number of nitriles is 1. The van der Waals surface area contributed by atoms with Gasteiger partial charge in [-0.2, -0.15) is 10.4 Å². The quantitative estimate of drug-likeness (QED) is 0.360. The van der Waals surface area contributed by atoms with Gasteiger partial charge in [-0.15, -0.1) is 0 Å². The lowest BCUT2D eigenvalue weighted by molar-refractivity contribution is 0.187. The van der Waals surface area contributed by atoms with Gasteiger partial charge in [-0.1, -0.05) is 17.7 Å². The molecule has 4 rings (SSSR count). The summed E-state index contributed by atoms with van der Waals surface area (Å²) < 4.78 is 26.6. The van der Waals surface area contributed by atoms with Crippen LogP contribution in [0.25, 0.3) is 16.9 Å². The molecule has 3 aromatic rings. The topological polar surface area (TPSA) is 149 Å². The van der Waals surface area contributed by atoms with E-state index in [1.165, 1.54) is 16.8 Å². The van der Waals surface area contributed by atoms with Crippen molar-refractivity contribution < 1.29 is 13.5 Å². The van der Waals surface area contributed by atoms with Gasteiger partial charge in [-0.05, 0) is 44.4 Å². The zero-order valence-corrected chi connectivity index (χ0v) is 23.1. The molecule has 0 unspecified atom stereocenters. The maximum absolute atomic E-state index is 11.8. The van der Waals surface area contributed by atoms with Gasteiger partial charge in [0.15, 0.2) is 0 Å². The second-order valence-corrected chi connectivity index (χ2v) is 12.4. The number of anilines is 1. The molecule has 1 aromatic carbocycles. The Hall–Kier alpha value is -3.08. The molecule has 3 N–H and O–H groups in total. The van der Waals surface area contributed by atoms with Gasteiger partial charge in [-0.25, -0.2) is 27.4 Å². The molecule has 1 aliphatic heterocycles. The first-order valence-corrected chi connectivity index (χ1v) is 14.4. The lowest BCUT2D eigenvalue weighted by Crippen LogP contribution is -2.42. The minimum atomic E-state index is -3.20. The molecule has 0 amide bonds. The molecule has 13 heteroatoms. The third kappa shape index (κ3) is 6.67. The molecule has 1 saturated heterocycles. The molecule has 0 aliphatic carbocycles. The van der Waals surface area contributed by atoms with E-state index in [0.717, 1.165) is 5.56 Å². The highest BCUT2D eigenvalue weighted by molar-refractivity contribution is 7.88. The second kappa shape index (κ2) is 11.3. The number of sulfonamides is 1. The van der Waals surface area contributed by atoms with Crippen molar-refractivity contribution in [3.63, 3.8) is 0 Å². The largest absolute Gasteiger partial charge is 0.394 e. The number of rotatable bonds is 9. The second-order valence-electron chi connectivity index (χ2n) is 10.0. The molecular formula is C25H31ClN8O3S. The van der Waals surface area contributed by atoms with Crippen LogP contribution in [0.4, 0.5) is 5.95 Å². The summed E-state index contributed by atoms with van der Waals surface area (Å²) in [7, 11) is -3.20. The van der Waals surface area contributed by atoms with Crippen LogP contribution in [-0.2, 0) is 16.6 Å². The number of nitrogens with zero attached hydrogens (tertiary/aromatic N) is 6. The molecular weight excluding hydrogens is 528 g/mol. The average molecular weight is 559 g/mol. The van der Waals surface area contributed by atoms with Crippen molar-refractivity contribution in [2.75, 3.05) is 31.3 Å². The monoisotopic (exact) mass is 558 g/mol. The molecule has 0 bridgehead atoms. The van der Waals surface area contributed by atoms with Crippen molar-refractivity contribution in [3.05, 3.63) is 52.9 Å². The molecule has 38 heavy (non-hydrogen) atoms. The van der Waals surface area contributed by atoms with Crippen LogP contribution in [0.15, 0.2) is 36.8 Å². The number of aliphatic hydroxyl groups excluding tert-OH is 1.